The maximum atomic E-state index is 5.85. The molecule has 80 valence electrons. The van der Waals surface area contributed by atoms with Gasteiger partial charge in [-0.25, -0.2) is 0 Å². The van der Waals surface area contributed by atoms with Crippen molar-refractivity contribution in [2.75, 3.05) is 5.73 Å². The molecule has 16 heavy (non-hydrogen) atoms. The molecular weight excluding hydrogens is 220 g/mol. The van der Waals surface area contributed by atoms with Crippen molar-refractivity contribution in [2.45, 2.75) is 6.92 Å². The summed E-state index contributed by atoms with van der Waals surface area (Å²) in [4.78, 5) is 0. The molecule has 3 aromatic rings. The predicted octanol–water partition coefficient (Wildman–Crippen LogP) is 2.58. The third-order valence-corrected chi connectivity index (χ3v) is 3.40. The number of aromatic nitrogens is 3. The highest BCUT2D eigenvalue weighted by atomic mass is 32.1. The molecule has 0 aliphatic heterocycles. The Labute approximate surface area is 96.3 Å². The van der Waals surface area contributed by atoms with Crippen molar-refractivity contribution in [2.24, 2.45) is 0 Å². The van der Waals surface area contributed by atoms with Crippen LogP contribution in [-0.2, 0) is 0 Å². The topological polar surface area (TPSA) is 67.6 Å². The SMILES string of the molecule is Cc1cc2cnsc2cc1-c1[nH]ncc1N. The predicted molar refractivity (Wildman–Crippen MR) is 66.4 cm³/mol. The number of hydrogen-bond donors (Lipinski definition) is 2. The van der Waals surface area contributed by atoms with Crippen LogP contribution < -0.4 is 5.73 Å². The first-order chi connectivity index (χ1) is 7.75. The fourth-order valence-corrected chi connectivity index (χ4v) is 2.48. The highest BCUT2D eigenvalue weighted by molar-refractivity contribution is 7.13. The van der Waals surface area contributed by atoms with E-state index >= 15 is 0 Å². The van der Waals surface area contributed by atoms with Gasteiger partial charge >= 0.3 is 0 Å². The Morgan fingerprint density at radius 2 is 2.19 bits per heavy atom. The number of rotatable bonds is 1. The summed E-state index contributed by atoms with van der Waals surface area (Å²) < 4.78 is 5.33. The molecule has 4 nitrogen and oxygen atoms in total. The maximum absolute atomic E-state index is 5.85. The molecule has 5 heteroatoms. The lowest BCUT2D eigenvalue weighted by Crippen LogP contribution is -1.89. The van der Waals surface area contributed by atoms with Gasteiger partial charge in [-0.15, -0.1) is 0 Å². The fraction of sp³-hybridized carbons (Fsp3) is 0.0909. The number of aromatic amines is 1. The molecule has 2 heterocycles. The Morgan fingerprint density at radius 1 is 1.31 bits per heavy atom. The largest absolute Gasteiger partial charge is 0.396 e. The molecule has 0 saturated carbocycles. The van der Waals surface area contributed by atoms with E-state index in [1.165, 1.54) is 22.5 Å². The number of nitrogen functional groups attached to an aromatic ring is 1. The normalized spacial score (nSPS) is 11.1. The van der Waals surface area contributed by atoms with Gasteiger partial charge in [-0.05, 0) is 36.2 Å². The molecule has 0 amide bonds. The lowest BCUT2D eigenvalue weighted by Gasteiger charge is -2.04. The zero-order valence-electron chi connectivity index (χ0n) is 8.69. The van der Waals surface area contributed by atoms with Crippen molar-refractivity contribution in [1.29, 1.82) is 0 Å². The Bertz CT molecular complexity index is 653. The first-order valence-electron chi connectivity index (χ1n) is 4.90. The highest BCUT2D eigenvalue weighted by Crippen LogP contribution is 2.31. The van der Waals surface area contributed by atoms with Crippen molar-refractivity contribution in [1.82, 2.24) is 14.6 Å². The second kappa shape index (κ2) is 3.31. The zero-order chi connectivity index (χ0) is 11.1. The fourth-order valence-electron chi connectivity index (χ4n) is 1.81. The van der Waals surface area contributed by atoms with Gasteiger partial charge < -0.3 is 5.73 Å². The molecule has 0 aliphatic rings. The summed E-state index contributed by atoms with van der Waals surface area (Å²) in [6.45, 7) is 2.06. The Kier molecular flexibility index (Phi) is 1.94. The molecule has 0 atom stereocenters. The average Bonchev–Trinajstić information content (AvgIpc) is 2.85. The van der Waals surface area contributed by atoms with Crippen LogP contribution in [0.25, 0.3) is 21.3 Å². The lowest BCUT2D eigenvalue weighted by atomic mass is 10.0. The first-order valence-corrected chi connectivity index (χ1v) is 5.67. The number of H-pyrrole nitrogens is 1. The van der Waals surface area contributed by atoms with Crippen LogP contribution in [0.15, 0.2) is 24.5 Å². The van der Waals surface area contributed by atoms with E-state index in [1.807, 2.05) is 6.20 Å². The molecule has 0 aliphatic carbocycles. The van der Waals surface area contributed by atoms with Crippen LogP contribution in [0.3, 0.4) is 0 Å². The summed E-state index contributed by atoms with van der Waals surface area (Å²) in [5.41, 5.74) is 9.67. The summed E-state index contributed by atoms with van der Waals surface area (Å²) >= 11 is 1.49. The standard InChI is InChI=1S/C11H10N4S/c1-6-2-7-4-14-16-10(7)3-8(6)11-9(12)5-13-15-11/h2-5H,12H2,1H3,(H,13,15). The van der Waals surface area contributed by atoms with Crippen LogP contribution in [0.4, 0.5) is 5.69 Å². The van der Waals surface area contributed by atoms with Gasteiger partial charge in [-0.2, -0.15) is 9.47 Å². The van der Waals surface area contributed by atoms with Gasteiger partial charge in [0, 0.05) is 17.1 Å². The Balaban J connectivity index is 2.30. The highest BCUT2D eigenvalue weighted by Gasteiger charge is 2.09. The van der Waals surface area contributed by atoms with Crippen LogP contribution in [0.2, 0.25) is 0 Å². The number of fused-ring (bicyclic) bond motifs is 1. The van der Waals surface area contributed by atoms with Crippen molar-refractivity contribution < 1.29 is 0 Å². The number of aryl methyl sites for hydroxylation is 1. The van der Waals surface area contributed by atoms with E-state index in [0.717, 1.165) is 16.0 Å². The van der Waals surface area contributed by atoms with Crippen molar-refractivity contribution in [3.05, 3.63) is 30.1 Å². The van der Waals surface area contributed by atoms with Gasteiger partial charge in [0.1, 0.15) is 0 Å². The van der Waals surface area contributed by atoms with Crippen LogP contribution in [0.5, 0.6) is 0 Å². The third kappa shape index (κ3) is 1.29. The number of nitrogens with zero attached hydrogens (tertiary/aromatic N) is 2. The molecule has 3 rings (SSSR count). The molecule has 0 bridgehead atoms. The van der Waals surface area contributed by atoms with E-state index in [2.05, 4.69) is 33.6 Å². The van der Waals surface area contributed by atoms with Crippen LogP contribution in [0.1, 0.15) is 5.56 Å². The Hall–Kier alpha value is -1.88. The molecule has 0 radical (unpaired) electrons. The van der Waals surface area contributed by atoms with Gasteiger partial charge in [-0.3, -0.25) is 5.10 Å². The smallest absolute Gasteiger partial charge is 0.0883 e. The van der Waals surface area contributed by atoms with Crippen molar-refractivity contribution in [3.63, 3.8) is 0 Å². The average molecular weight is 230 g/mol. The van der Waals surface area contributed by atoms with Crippen LogP contribution in [0, 0.1) is 6.92 Å². The summed E-state index contributed by atoms with van der Waals surface area (Å²) in [5, 5.41) is 8.04. The van der Waals surface area contributed by atoms with Crippen molar-refractivity contribution in [3.8, 4) is 11.3 Å². The number of nitrogens with two attached hydrogens (primary N) is 1. The minimum absolute atomic E-state index is 0.673. The number of nitrogens with one attached hydrogen (secondary N) is 1. The van der Waals surface area contributed by atoms with Gasteiger partial charge in [0.2, 0.25) is 0 Å². The Morgan fingerprint density at radius 3 is 2.94 bits per heavy atom. The van der Waals surface area contributed by atoms with E-state index in [-0.39, 0.29) is 0 Å². The third-order valence-electron chi connectivity index (χ3n) is 2.64. The number of anilines is 1. The lowest BCUT2D eigenvalue weighted by molar-refractivity contribution is 1.09. The molecule has 2 aromatic heterocycles. The molecule has 0 saturated heterocycles. The molecule has 3 N–H and O–H groups in total. The maximum Gasteiger partial charge on any atom is 0.0883 e. The van der Waals surface area contributed by atoms with Crippen LogP contribution >= 0.6 is 11.5 Å². The van der Waals surface area contributed by atoms with Gasteiger partial charge in [0.05, 0.1) is 22.3 Å². The second-order valence-corrected chi connectivity index (χ2v) is 4.56. The molecule has 1 aromatic carbocycles. The molecule has 0 unspecified atom stereocenters. The molecule has 0 fully saturated rings. The summed E-state index contributed by atoms with van der Waals surface area (Å²) in [5.74, 6) is 0. The van der Waals surface area contributed by atoms with Crippen LogP contribution in [-0.4, -0.2) is 14.6 Å². The van der Waals surface area contributed by atoms with E-state index in [9.17, 15) is 0 Å². The first kappa shape index (κ1) is 9.35. The van der Waals surface area contributed by atoms with E-state index in [1.54, 1.807) is 6.20 Å². The van der Waals surface area contributed by atoms with Gasteiger partial charge in [0.25, 0.3) is 0 Å². The summed E-state index contributed by atoms with van der Waals surface area (Å²) in [6.07, 6.45) is 3.51. The minimum atomic E-state index is 0.673. The number of hydrogen-bond acceptors (Lipinski definition) is 4. The quantitative estimate of drug-likeness (QED) is 0.675. The van der Waals surface area contributed by atoms with Gasteiger partial charge in [0.15, 0.2) is 0 Å². The monoisotopic (exact) mass is 230 g/mol. The van der Waals surface area contributed by atoms with Gasteiger partial charge in [-0.1, -0.05) is 0 Å². The molecular formula is C11H10N4S. The summed E-state index contributed by atoms with van der Waals surface area (Å²) in [7, 11) is 0. The van der Waals surface area contributed by atoms with E-state index in [4.69, 9.17) is 5.73 Å². The van der Waals surface area contributed by atoms with E-state index in [0.29, 0.717) is 5.69 Å². The minimum Gasteiger partial charge on any atom is -0.396 e. The second-order valence-electron chi connectivity index (χ2n) is 3.73. The number of benzene rings is 1. The van der Waals surface area contributed by atoms with E-state index < -0.39 is 0 Å². The molecule has 0 spiro atoms. The zero-order valence-corrected chi connectivity index (χ0v) is 9.51. The van der Waals surface area contributed by atoms with Crippen molar-refractivity contribution >= 4 is 27.3 Å². The summed E-state index contributed by atoms with van der Waals surface area (Å²) in [6, 6.07) is 4.22.